The number of nitrogens with zero attached hydrogens (tertiary/aromatic N) is 5. The molecule has 0 unspecified atom stereocenters. The van der Waals surface area contributed by atoms with Gasteiger partial charge in [-0.2, -0.15) is 0 Å². The highest BCUT2D eigenvalue weighted by atomic mass is 35.5. The molecule has 2 atom stereocenters. The molecule has 150 valence electrons. The van der Waals surface area contributed by atoms with Crippen molar-refractivity contribution in [1.29, 1.82) is 0 Å². The van der Waals surface area contributed by atoms with E-state index in [0.717, 1.165) is 29.1 Å². The van der Waals surface area contributed by atoms with Gasteiger partial charge in [0.2, 0.25) is 0 Å². The van der Waals surface area contributed by atoms with Gasteiger partial charge in [-0.3, -0.25) is 4.98 Å². The quantitative estimate of drug-likeness (QED) is 0.399. The first kappa shape index (κ1) is 21.0. The molecule has 0 amide bonds. The van der Waals surface area contributed by atoms with Crippen LogP contribution in [0.3, 0.4) is 0 Å². The topological polar surface area (TPSA) is 101 Å². The first-order valence-corrected chi connectivity index (χ1v) is 11.1. The second-order valence-corrected chi connectivity index (χ2v) is 9.21. The summed E-state index contributed by atoms with van der Waals surface area (Å²) >= 11 is 8.79. The van der Waals surface area contributed by atoms with Gasteiger partial charge in [-0.1, -0.05) is 48.0 Å². The number of anilines is 2. The number of rotatable bonds is 8. The Kier molecular flexibility index (Phi) is 6.92. The number of pyridine rings is 1. The number of aliphatic hydroxyl groups is 1. The molecule has 3 aromatic rings. The lowest BCUT2D eigenvalue weighted by Gasteiger charge is -2.27. The first-order chi connectivity index (χ1) is 13.4. The number of hydrogen-bond acceptors (Lipinski definition) is 9. The highest BCUT2D eigenvalue weighted by Gasteiger charge is 2.22. The average Bonchev–Trinajstić information content (AvgIpc) is 3.05. The number of halogens is 1. The molecule has 0 aliphatic carbocycles. The summed E-state index contributed by atoms with van der Waals surface area (Å²) < 4.78 is 0.830. The molecule has 0 aromatic carbocycles. The fourth-order valence-corrected chi connectivity index (χ4v) is 4.63. The fraction of sp³-hybridized carbons (Fsp3) is 0.444. The van der Waals surface area contributed by atoms with E-state index < -0.39 is 0 Å². The van der Waals surface area contributed by atoms with Gasteiger partial charge in [0.1, 0.15) is 4.70 Å². The number of aromatic nitrogens is 4. The molecule has 3 rings (SSSR count). The minimum Gasteiger partial charge on any atom is -0.394 e. The Morgan fingerprint density at radius 3 is 2.75 bits per heavy atom. The summed E-state index contributed by atoms with van der Waals surface area (Å²) in [6.45, 7) is 4.19. The van der Waals surface area contributed by atoms with Crippen molar-refractivity contribution in [3.8, 4) is 0 Å². The molecule has 0 fully saturated rings. The normalized spacial score (nSPS) is 13.6. The van der Waals surface area contributed by atoms with Crippen molar-refractivity contribution < 1.29 is 5.11 Å². The van der Waals surface area contributed by atoms with Gasteiger partial charge < -0.3 is 15.7 Å². The van der Waals surface area contributed by atoms with Crippen LogP contribution < -0.4 is 10.6 Å². The van der Waals surface area contributed by atoms with E-state index in [-0.39, 0.29) is 17.9 Å². The van der Waals surface area contributed by atoms with Gasteiger partial charge in [-0.15, -0.1) is 0 Å². The van der Waals surface area contributed by atoms with Crippen molar-refractivity contribution in [3.05, 3.63) is 29.0 Å². The molecular formula is C18H23ClN6OS2. The molecule has 28 heavy (non-hydrogen) atoms. The lowest BCUT2D eigenvalue weighted by Crippen LogP contribution is -2.35. The smallest absolute Gasteiger partial charge is 0.192 e. The van der Waals surface area contributed by atoms with E-state index in [1.807, 2.05) is 31.0 Å². The lowest BCUT2D eigenvalue weighted by atomic mass is 10.1. The molecule has 0 aliphatic heterocycles. The van der Waals surface area contributed by atoms with Crippen LogP contribution in [0.2, 0.25) is 5.02 Å². The number of thioether (sulfide) groups is 1. The Morgan fingerprint density at radius 2 is 2.11 bits per heavy atom. The Morgan fingerprint density at radius 1 is 1.32 bits per heavy atom. The van der Waals surface area contributed by atoms with Crippen molar-refractivity contribution in [2.45, 2.75) is 43.1 Å². The maximum absolute atomic E-state index is 9.81. The van der Waals surface area contributed by atoms with Crippen LogP contribution in [0, 0.1) is 0 Å². The van der Waals surface area contributed by atoms with Crippen molar-refractivity contribution >= 4 is 56.0 Å². The molecule has 10 heteroatoms. The third-order valence-corrected chi connectivity index (χ3v) is 6.48. The highest BCUT2D eigenvalue weighted by Crippen LogP contribution is 2.37. The summed E-state index contributed by atoms with van der Waals surface area (Å²) in [6.07, 6.45) is 3.46. The van der Waals surface area contributed by atoms with Crippen LogP contribution in [0.15, 0.2) is 23.5 Å². The number of nitrogens with two attached hydrogens (primary N) is 1. The van der Waals surface area contributed by atoms with E-state index in [0.29, 0.717) is 21.0 Å². The van der Waals surface area contributed by atoms with Gasteiger partial charge in [0.05, 0.1) is 28.6 Å². The van der Waals surface area contributed by atoms with Gasteiger partial charge >= 0.3 is 0 Å². The molecular weight excluding hydrogens is 416 g/mol. The van der Waals surface area contributed by atoms with Gasteiger partial charge in [-0.05, 0) is 25.5 Å². The van der Waals surface area contributed by atoms with Crippen LogP contribution in [0.5, 0.6) is 0 Å². The van der Waals surface area contributed by atoms with E-state index in [2.05, 4.69) is 21.9 Å². The number of fused-ring (bicyclic) bond motifs is 1. The maximum Gasteiger partial charge on any atom is 0.192 e. The molecule has 0 saturated carbocycles. The molecule has 7 nitrogen and oxygen atoms in total. The Balaban J connectivity index is 1.96. The summed E-state index contributed by atoms with van der Waals surface area (Å²) in [5, 5.41) is 11.5. The van der Waals surface area contributed by atoms with Crippen LogP contribution >= 0.6 is 34.7 Å². The molecule has 0 bridgehead atoms. The van der Waals surface area contributed by atoms with E-state index in [4.69, 9.17) is 22.3 Å². The third kappa shape index (κ3) is 4.65. The first-order valence-electron chi connectivity index (χ1n) is 8.98. The predicted molar refractivity (Wildman–Crippen MR) is 117 cm³/mol. The van der Waals surface area contributed by atoms with Gasteiger partial charge in [0.15, 0.2) is 21.8 Å². The van der Waals surface area contributed by atoms with Crippen molar-refractivity contribution in [2.24, 2.45) is 0 Å². The van der Waals surface area contributed by atoms with Crippen LogP contribution in [0.25, 0.3) is 10.3 Å². The highest BCUT2D eigenvalue weighted by molar-refractivity contribution is 7.99. The predicted octanol–water partition coefficient (Wildman–Crippen LogP) is 4.17. The van der Waals surface area contributed by atoms with Crippen molar-refractivity contribution in [3.63, 3.8) is 0 Å². The second-order valence-electron chi connectivity index (χ2n) is 6.43. The molecule has 0 aliphatic rings. The molecule has 3 N–H and O–H groups in total. The summed E-state index contributed by atoms with van der Waals surface area (Å²) in [7, 11) is 1.94. The fourth-order valence-electron chi connectivity index (χ4n) is 2.86. The Bertz CT molecular complexity index is 936. The molecule has 0 spiro atoms. The molecule has 3 aromatic heterocycles. The summed E-state index contributed by atoms with van der Waals surface area (Å²) in [6, 6.07) is 3.69. The van der Waals surface area contributed by atoms with Crippen molar-refractivity contribution in [1.82, 2.24) is 19.9 Å². The number of nitrogen functional groups attached to an aromatic ring is 1. The van der Waals surface area contributed by atoms with Gasteiger partial charge in [0.25, 0.3) is 0 Å². The zero-order chi connectivity index (χ0) is 20.3. The zero-order valence-electron chi connectivity index (χ0n) is 16.0. The Hall–Kier alpha value is -1.68. The minimum atomic E-state index is -0.0281. The van der Waals surface area contributed by atoms with Gasteiger partial charge in [-0.25, -0.2) is 15.0 Å². The number of hydrogen-bond donors (Lipinski definition) is 2. The number of thiazole rings is 1. The van der Waals surface area contributed by atoms with Crippen molar-refractivity contribution in [2.75, 3.05) is 24.3 Å². The maximum atomic E-state index is 9.81. The number of aliphatic hydroxyl groups excluding tert-OH is 1. The largest absolute Gasteiger partial charge is 0.394 e. The van der Waals surface area contributed by atoms with Crippen LogP contribution in [-0.2, 0) is 0 Å². The number of likely N-dealkylation sites (N-methyl/N-ethyl adjacent to an activating group) is 1. The van der Waals surface area contributed by atoms with Crippen LogP contribution in [-0.4, -0.2) is 44.7 Å². The average molecular weight is 439 g/mol. The van der Waals surface area contributed by atoms with E-state index >= 15 is 0 Å². The summed E-state index contributed by atoms with van der Waals surface area (Å²) in [4.78, 5) is 20.1. The summed E-state index contributed by atoms with van der Waals surface area (Å²) in [5.74, 6) is 0.741. The SMILES string of the molecule is CCC[C@H](CO)N(C)c1nc(S[C@@H](C)c2ccc(Cl)cn2)nc2nc(N)sc12. The third-order valence-electron chi connectivity index (χ3n) is 4.40. The monoisotopic (exact) mass is 438 g/mol. The minimum absolute atomic E-state index is 0.0281. The van der Waals surface area contributed by atoms with E-state index in [1.165, 1.54) is 23.1 Å². The van der Waals surface area contributed by atoms with E-state index in [1.54, 1.807) is 6.20 Å². The van der Waals surface area contributed by atoms with E-state index in [9.17, 15) is 5.11 Å². The van der Waals surface area contributed by atoms with Gasteiger partial charge in [0, 0.05) is 13.2 Å². The molecule has 0 saturated heterocycles. The van der Waals surface area contributed by atoms with Crippen LogP contribution in [0.1, 0.15) is 37.6 Å². The van der Waals surface area contributed by atoms with Crippen LogP contribution in [0.4, 0.5) is 10.9 Å². The zero-order valence-corrected chi connectivity index (χ0v) is 18.4. The standard InChI is InChI=1S/C18H23ClN6OS2/c1-4-5-12(9-26)25(3)16-14-15(22-17(20)28-14)23-18(24-16)27-10(2)13-7-6-11(19)8-21-13/h6-8,10,12,26H,4-5,9H2,1-3H3,(H2,20,22,23,24)/t10-,12+/m0/s1. The lowest BCUT2D eigenvalue weighted by molar-refractivity contribution is 0.255. The molecule has 0 radical (unpaired) electrons. The molecule has 3 heterocycles. The summed E-state index contributed by atoms with van der Waals surface area (Å²) in [5.41, 5.74) is 7.39. The second kappa shape index (κ2) is 9.21. The Labute approximate surface area is 177 Å².